The molecular formula is C13H15Cl2NO3. The lowest BCUT2D eigenvalue weighted by Gasteiger charge is -2.33. The summed E-state index contributed by atoms with van der Waals surface area (Å²) in [5.41, 5.74) is 0.893. The molecule has 0 bridgehead atoms. The van der Waals surface area contributed by atoms with E-state index in [1.807, 2.05) is 17.0 Å². The van der Waals surface area contributed by atoms with Crippen LogP contribution in [-0.4, -0.2) is 43.8 Å². The van der Waals surface area contributed by atoms with Crippen molar-refractivity contribution < 1.29 is 14.3 Å². The first-order valence-corrected chi connectivity index (χ1v) is 6.71. The van der Waals surface area contributed by atoms with Gasteiger partial charge in [0, 0.05) is 13.1 Å². The highest BCUT2D eigenvalue weighted by Gasteiger charge is 2.30. The van der Waals surface area contributed by atoms with Gasteiger partial charge in [0.05, 0.1) is 30.4 Å². The van der Waals surface area contributed by atoms with Gasteiger partial charge in [0.15, 0.2) is 0 Å². The number of nitrogens with zero attached hydrogens (tertiary/aromatic N) is 1. The molecule has 2 rings (SSSR count). The molecular weight excluding hydrogens is 289 g/mol. The van der Waals surface area contributed by atoms with Gasteiger partial charge < -0.3 is 9.47 Å². The molecule has 1 aliphatic rings. The lowest BCUT2D eigenvalue weighted by molar-refractivity contribution is -0.153. The van der Waals surface area contributed by atoms with Gasteiger partial charge in [-0.1, -0.05) is 35.3 Å². The summed E-state index contributed by atoms with van der Waals surface area (Å²) in [4.78, 5) is 13.7. The number of benzene rings is 1. The monoisotopic (exact) mass is 303 g/mol. The third-order valence-electron chi connectivity index (χ3n) is 3.12. The summed E-state index contributed by atoms with van der Waals surface area (Å²) in [6.07, 6.45) is 0. The van der Waals surface area contributed by atoms with E-state index in [0.29, 0.717) is 36.3 Å². The van der Waals surface area contributed by atoms with Gasteiger partial charge in [0.25, 0.3) is 0 Å². The highest BCUT2D eigenvalue weighted by molar-refractivity contribution is 6.42. The van der Waals surface area contributed by atoms with Gasteiger partial charge in [0.1, 0.15) is 6.04 Å². The Morgan fingerprint density at radius 3 is 3.05 bits per heavy atom. The van der Waals surface area contributed by atoms with Gasteiger partial charge in [-0.05, 0) is 11.6 Å². The zero-order valence-corrected chi connectivity index (χ0v) is 12.1. The van der Waals surface area contributed by atoms with Crippen LogP contribution in [0.15, 0.2) is 18.2 Å². The molecule has 0 amide bonds. The van der Waals surface area contributed by atoms with Crippen molar-refractivity contribution in [3.8, 4) is 0 Å². The van der Waals surface area contributed by atoms with Gasteiger partial charge in [-0.2, -0.15) is 0 Å². The third-order valence-corrected chi connectivity index (χ3v) is 3.98. The van der Waals surface area contributed by atoms with Crippen LogP contribution in [-0.2, 0) is 20.8 Å². The molecule has 0 aromatic heterocycles. The molecule has 6 heteroatoms. The fourth-order valence-corrected chi connectivity index (χ4v) is 2.45. The zero-order chi connectivity index (χ0) is 13.8. The van der Waals surface area contributed by atoms with E-state index in [2.05, 4.69) is 0 Å². The van der Waals surface area contributed by atoms with Gasteiger partial charge >= 0.3 is 5.97 Å². The number of carbonyl (C=O) groups excluding carboxylic acids is 1. The summed E-state index contributed by atoms with van der Waals surface area (Å²) >= 11 is 12.2. The SMILES string of the molecule is COC(=O)C1COCCN1Cc1cccc(Cl)c1Cl. The van der Waals surface area contributed by atoms with Crippen molar-refractivity contribution in [2.45, 2.75) is 12.6 Å². The fourth-order valence-electron chi connectivity index (χ4n) is 2.07. The van der Waals surface area contributed by atoms with E-state index in [-0.39, 0.29) is 5.97 Å². The first-order valence-electron chi connectivity index (χ1n) is 5.96. The maximum Gasteiger partial charge on any atom is 0.325 e. The number of ether oxygens (including phenoxy) is 2. The quantitative estimate of drug-likeness (QED) is 0.804. The molecule has 0 aliphatic carbocycles. The van der Waals surface area contributed by atoms with Crippen LogP contribution in [0.1, 0.15) is 5.56 Å². The largest absolute Gasteiger partial charge is 0.468 e. The molecule has 0 saturated carbocycles. The molecule has 1 atom stereocenters. The van der Waals surface area contributed by atoms with Crippen molar-refractivity contribution in [3.05, 3.63) is 33.8 Å². The Morgan fingerprint density at radius 1 is 1.53 bits per heavy atom. The van der Waals surface area contributed by atoms with Crippen molar-refractivity contribution in [2.75, 3.05) is 26.9 Å². The maximum atomic E-state index is 11.7. The number of halogens is 2. The Bertz CT molecular complexity index is 467. The van der Waals surface area contributed by atoms with Crippen molar-refractivity contribution in [1.29, 1.82) is 0 Å². The third kappa shape index (κ3) is 3.39. The maximum absolute atomic E-state index is 11.7. The summed E-state index contributed by atoms with van der Waals surface area (Å²) < 4.78 is 10.1. The second kappa shape index (κ2) is 6.57. The molecule has 0 radical (unpaired) electrons. The molecule has 1 fully saturated rings. The average Bonchev–Trinajstić information content (AvgIpc) is 2.43. The molecule has 1 unspecified atom stereocenters. The summed E-state index contributed by atoms with van der Waals surface area (Å²) in [5, 5.41) is 1.04. The van der Waals surface area contributed by atoms with Gasteiger partial charge in [-0.15, -0.1) is 0 Å². The van der Waals surface area contributed by atoms with E-state index in [0.717, 1.165) is 5.56 Å². The van der Waals surface area contributed by atoms with E-state index in [1.165, 1.54) is 7.11 Å². The predicted octanol–water partition coefficient (Wildman–Crippen LogP) is 2.37. The first-order chi connectivity index (χ1) is 9.13. The van der Waals surface area contributed by atoms with Crippen LogP contribution in [0.2, 0.25) is 10.0 Å². The van der Waals surface area contributed by atoms with E-state index in [9.17, 15) is 4.79 Å². The summed E-state index contributed by atoms with van der Waals surface area (Å²) in [6.45, 7) is 2.13. The van der Waals surface area contributed by atoms with Crippen molar-refractivity contribution in [2.24, 2.45) is 0 Å². The van der Waals surface area contributed by atoms with E-state index >= 15 is 0 Å². The number of rotatable bonds is 3. The Balaban J connectivity index is 2.15. The molecule has 1 heterocycles. The number of carbonyl (C=O) groups is 1. The van der Waals surface area contributed by atoms with E-state index < -0.39 is 6.04 Å². The van der Waals surface area contributed by atoms with E-state index in [1.54, 1.807) is 6.07 Å². The second-order valence-corrected chi connectivity index (χ2v) is 5.08. The number of morpholine rings is 1. The number of hydrogen-bond acceptors (Lipinski definition) is 4. The topological polar surface area (TPSA) is 38.8 Å². The van der Waals surface area contributed by atoms with Gasteiger partial charge in [0.2, 0.25) is 0 Å². The Labute approximate surface area is 122 Å². The number of methoxy groups -OCH3 is 1. The molecule has 104 valence electrons. The zero-order valence-electron chi connectivity index (χ0n) is 10.6. The minimum absolute atomic E-state index is 0.294. The Hall–Kier alpha value is -0.810. The lowest BCUT2D eigenvalue weighted by atomic mass is 10.1. The predicted molar refractivity (Wildman–Crippen MR) is 73.5 cm³/mol. The van der Waals surface area contributed by atoms with Gasteiger partial charge in [-0.3, -0.25) is 9.69 Å². The Morgan fingerprint density at radius 2 is 2.32 bits per heavy atom. The van der Waals surface area contributed by atoms with Gasteiger partial charge in [-0.25, -0.2) is 0 Å². The number of hydrogen-bond donors (Lipinski definition) is 0. The fraction of sp³-hybridized carbons (Fsp3) is 0.462. The molecule has 4 nitrogen and oxygen atoms in total. The van der Waals surface area contributed by atoms with E-state index in [4.69, 9.17) is 32.7 Å². The van der Waals surface area contributed by atoms with Crippen LogP contribution < -0.4 is 0 Å². The van der Waals surface area contributed by atoms with Crippen LogP contribution in [0, 0.1) is 0 Å². The summed E-state index contributed by atoms with van der Waals surface area (Å²) in [7, 11) is 1.38. The van der Waals surface area contributed by atoms with Crippen molar-refractivity contribution in [1.82, 2.24) is 4.90 Å². The minimum Gasteiger partial charge on any atom is -0.468 e. The molecule has 1 saturated heterocycles. The molecule has 0 N–H and O–H groups in total. The van der Waals surface area contributed by atoms with Crippen molar-refractivity contribution in [3.63, 3.8) is 0 Å². The standard InChI is InChI=1S/C13H15Cl2NO3/c1-18-13(17)11-8-19-6-5-16(11)7-9-3-2-4-10(14)12(9)15/h2-4,11H,5-8H2,1H3. The van der Waals surface area contributed by atoms with Crippen LogP contribution >= 0.6 is 23.2 Å². The first kappa shape index (κ1) is 14.6. The van der Waals surface area contributed by atoms with Crippen LogP contribution in [0.3, 0.4) is 0 Å². The molecule has 1 aromatic carbocycles. The highest BCUT2D eigenvalue weighted by Crippen LogP contribution is 2.27. The number of esters is 1. The normalized spacial score (nSPS) is 20.3. The molecule has 0 spiro atoms. The smallest absolute Gasteiger partial charge is 0.325 e. The highest BCUT2D eigenvalue weighted by atomic mass is 35.5. The van der Waals surface area contributed by atoms with Crippen LogP contribution in [0.4, 0.5) is 0 Å². The summed E-state index contributed by atoms with van der Waals surface area (Å²) in [5.74, 6) is -0.294. The lowest BCUT2D eigenvalue weighted by Crippen LogP contribution is -2.49. The van der Waals surface area contributed by atoms with Crippen LogP contribution in [0.25, 0.3) is 0 Å². The summed E-state index contributed by atoms with van der Waals surface area (Å²) in [6, 6.07) is 5.09. The molecule has 1 aromatic rings. The van der Waals surface area contributed by atoms with Crippen LogP contribution in [0.5, 0.6) is 0 Å². The molecule has 19 heavy (non-hydrogen) atoms. The molecule has 1 aliphatic heterocycles. The minimum atomic E-state index is -0.395. The average molecular weight is 304 g/mol. The van der Waals surface area contributed by atoms with Crippen molar-refractivity contribution >= 4 is 29.2 Å². The Kier molecular flexibility index (Phi) is 5.05. The second-order valence-electron chi connectivity index (χ2n) is 4.30.